The average Bonchev–Trinajstić information content (AvgIpc) is 2.54. The molecule has 1 aromatic rings. The smallest absolute Gasteiger partial charge is 0.306 e. The van der Waals surface area contributed by atoms with Crippen molar-refractivity contribution in [3.63, 3.8) is 0 Å². The van der Waals surface area contributed by atoms with Crippen molar-refractivity contribution < 1.29 is 9.53 Å². The Balaban J connectivity index is 2.16. The third kappa shape index (κ3) is 1.30. The SMILES string of the molecule is O=C1CC[C@H](c2cccnc2)O1. The summed E-state index contributed by atoms with van der Waals surface area (Å²) < 4.78 is 5.07. The lowest BCUT2D eigenvalue weighted by Crippen LogP contribution is -1.98. The van der Waals surface area contributed by atoms with Gasteiger partial charge < -0.3 is 4.74 Å². The van der Waals surface area contributed by atoms with E-state index in [0.717, 1.165) is 12.0 Å². The quantitative estimate of drug-likeness (QED) is 0.588. The van der Waals surface area contributed by atoms with E-state index in [4.69, 9.17) is 4.74 Å². The van der Waals surface area contributed by atoms with Crippen molar-refractivity contribution in [2.24, 2.45) is 0 Å². The molecule has 0 aromatic carbocycles. The molecule has 1 fully saturated rings. The second-order valence-electron chi connectivity index (χ2n) is 2.80. The van der Waals surface area contributed by atoms with E-state index in [1.807, 2.05) is 12.1 Å². The molecule has 3 nitrogen and oxygen atoms in total. The Hall–Kier alpha value is -1.38. The summed E-state index contributed by atoms with van der Waals surface area (Å²) in [5.41, 5.74) is 0.989. The van der Waals surface area contributed by atoms with Crippen molar-refractivity contribution in [1.29, 1.82) is 0 Å². The maximum atomic E-state index is 10.8. The maximum Gasteiger partial charge on any atom is 0.306 e. The summed E-state index contributed by atoms with van der Waals surface area (Å²) in [6.45, 7) is 0. The highest BCUT2D eigenvalue weighted by atomic mass is 16.5. The van der Waals surface area contributed by atoms with Crippen LogP contribution in [0.4, 0.5) is 0 Å². The fourth-order valence-corrected chi connectivity index (χ4v) is 1.33. The normalized spacial score (nSPS) is 22.3. The molecule has 12 heavy (non-hydrogen) atoms. The summed E-state index contributed by atoms with van der Waals surface area (Å²) in [7, 11) is 0. The van der Waals surface area contributed by atoms with Crippen LogP contribution >= 0.6 is 0 Å². The number of ether oxygens (including phenoxy) is 1. The molecule has 0 N–H and O–H groups in total. The van der Waals surface area contributed by atoms with Gasteiger partial charge in [0.25, 0.3) is 0 Å². The van der Waals surface area contributed by atoms with E-state index in [-0.39, 0.29) is 12.1 Å². The molecule has 0 aliphatic carbocycles. The Labute approximate surface area is 70.4 Å². The number of nitrogens with zero attached hydrogens (tertiary/aromatic N) is 1. The van der Waals surface area contributed by atoms with E-state index in [2.05, 4.69) is 4.98 Å². The largest absolute Gasteiger partial charge is 0.457 e. The number of rotatable bonds is 1. The standard InChI is InChI=1S/C9H9NO2/c11-9-4-3-8(12-9)7-2-1-5-10-6-7/h1-2,5-6,8H,3-4H2/t8-/m1/s1. The lowest BCUT2D eigenvalue weighted by molar-refractivity contribution is -0.141. The van der Waals surface area contributed by atoms with E-state index in [1.54, 1.807) is 12.4 Å². The van der Waals surface area contributed by atoms with Crippen LogP contribution in [-0.2, 0) is 9.53 Å². The van der Waals surface area contributed by atoms with E-state index in [9.17, 15) is 4.79 Å². The van der Waals surface area contributed by atoms with Crippen LogP contribution in [0.3, 0.4) is 0 Å². The van der Waals surface area contributed by atoms with Gasteiger partial charge >= 0.3 is 5.97 Å². The summed E-state index contributed by atoms with van der Waals surface area (Å²) in [5, 5.41) is 0. The first kappa shape index (κ1) is 7.28. The molecule has 3 heteroatoms. The van der Waals surface area contributed by atoms with Gasteiger partial charge in [-0.15, -0.1) is 0 Å². The van der Waals surface area contributed by atoms with Gasteiger partial charge in [0.2, 0.25) is 0 Å². The minimum absolute atomic E-state index is 0.0637. The number of carbonyl (C=O) groups excluding carboxylic acids is 1. The summed E-state index contributed by atoms with van der Waals surface area (Å²) in [4.78, 5) is 14.7. The van der Waals surface area contributed by atoms with Gasteiger partial charge in [0, 0.05) is 24.4 Å². The van der Waals surface area contributed by atoms with Gasteiger partial charge in [-0.25, -0.2) is 0 Å². The Bertz CT molecular complexity index is 284. The summed E-state index contributed by atoms with van der Waals surface area (Å²) in [6.07, 6.45) is 4.69. The zero-order chi connectivity index (χ0) is 8.39. The molecule has 1 aliphatic heterocycles. The molecule has 1 aliphatic rings. The third-order valence-electron chi connectivity index (χ3n) is 1.94. The van der Waals surface area contributed by atoms with Crippen LogP contribution in [0.1, 0.15) is 24.5 Å². The highest BCUT2D eigenvalue weighted by Gasteiger charge is 2.24. The van der Waals surface area contributed by atoms with Gasteiger partial charge in [0.15, 0.2) is 0 Å². The van der Waals surface area contributed by atoms with Crippen LogP contribution in [0.15, 0.2) is 24.5 Å². The summed E-state index contributed by atoms with van der Waals surface area (Å²) >= 11 is 0. The minimum Gasteiger partial charge on any atom is -0.457 e. The van der Waals surface area contributed by atoms with Crippen molar-refractivity contribution in [3.05, 3.63) is 30.1 Å². The number of esters is 1. The zero-order valence-corrected chi connectivity index (χ0v) is 6.56. The van der Waals surface area contributed by atoms with Gasteiger partial charge in [0.05, 0.1) is 0 Å². The van der Waals surface area contributed by atoms with Crippen LogP contribution in [0.2, 0.25) is 0 Å². The zero-order valence-electron chi connectivity index (χ0n) is 6.56. The molecule has 0 spiro atoms. The van der Waals surface area contributed by atoms with Gasteiger partial charge in [0.1, 0.15) is 6.10 Å². The molecule has 2 heterocycles. The van der Waals surface area contributed by atoms with Crippen molar-refractivity contribution in [2.45, 2.75) is 18.9 Å². The van der Waals surface area contributed by atoms with Crippen LogP contribution in [0.25, 0.3) is 0 Å². The van der Waals surface area contributed by atoms with Crippen LogP contribution in [0, 0.1) is 0 Å². The first-order chi connectivity index (χ1) is 5.86. The summed E-state index contributed by atoms with van der Waals surface area (Å²) in [5.74, 6) is -0.108. The molecular formula is C9H9NO2. The predicted octanol–water partition coefficient (Wildman–Crippen LogP) is 1.46. The molecule has 0 saturated carbocycles. The second kappa shape index (κ2) is 2.93. The molecule has 1 aromatic heterocycles. The molecule has 62 valence electrons. The first-order valence-corrected chi connectivity index (χ1v) is 3.95. The van der Waals surface area contributed by atoms with E-state index < -0.39 is 0 Å². The summed E-state index contributed by atoms with van der Waals surface area (Å²) in [6, 6.07) is 3.78. The van der Waals surface area contributed by atoms with E-state index >= 15 is 0 Å². The fraction of sp³-hybridized carbons (Fsp3) is 0.333. The lowest BCUT2D eigenvalue weighted by atomic mass is 10.1. The van der Waals surface area contributed by atoms with Crippen LogP contribution in [-0.4, -0.2) is 11.0 Å². The van der Waals surface area contributed by atoms with Crippen LogP contribution < -0.4 is 0 Å². The fourth-order valence-electron chi connectivity index (χ4n) is 1.33. The number of cyclic esters (lactones) is 1. The molecule has 2 rings (SSSR count). The Morgan fingerprint density at radius 3 is 3.08 bits per heavy atom. The predicted molar refractivity (Wildman–Crippen MR) is 42.3 cm³/mol. The number of hydrogen-bond acceptors (Lipinski definition) is 3. The number of aromatic nitrogens is 1. The van der Waals surface area contributed by atoms with Gasteiger partial charge in [-0.1, -0.05) is 6.07 Å². The number of pyridine rings is 1. The first-order valence-electron chi connectivity index (χ1n) is 3.95. The van der Waals surface area contributed by atoms with Gasteiger partial charge in [-0.3, -0.25) is 9.78 Å². The Morgan fingerprint density at radius 2 is 2.50 bits per heavy atom. The lowest BCUT2D eigenvalue weighted by Gasteiger charge is -2.07. The minimum atomic E-state index is -0.108. The van der Waals surface area contributed by atoms with Crippen molar-refractivity contribution in [3.8, 4) is 0 Å². The van der Waals surface area contributed by atoms with E-state index in [1.165, 1.54) is 0 Å². The molecule has 1 saturated heterocycles. The molecule has 0 amide bonds. The molecule has 0 unspecified atom stereocenters. The van der Waals surface area contributed by atoms with Crippen molar-refractivity contribution in [1.82, 2.24) is 4.98 Å². The Morgan fingerprint density at radius 1 is 1.58 bits per heavy atom. The molecule has 0 radical (unpaired) electrons. The highest BCUT2D eigenvalue weighted by molar-refractivity contribution is 5.71. The highest BCUT2D eigenvalue weighted by Crippen LogP contribution is 2.28. The number of hydrogen-bond donors (Lipinski definition) is 0. The van der Waals surface area contributed by atoms with E-state index in [0.29, 0.717) is 6.42 Å². The maximum absolute atomic E-state index is 10.8. The Kier molecular flexibility index (Phi) is 1.78. The van der Waals surface area contributed by atoms with Crippen molar-refractivity contribution in [2.75, 3.05) is 0 Å². The topological polar surface area (TPSA) is 39.2 Å². The van der Waals surface area contributed by atoms with Gasteiger partial charge in [-0.05, 0) is 12.5 Å². The monoisotopic (exact) mass is 163 g/mol. The third-order valence-corrected chi connectivity index (χ3v) is 1.94. The average molecular weight is 163 g/mol. The molecular weight excluding hydrogens is 154 g/mol. The molecule has 1 atom stereocenters. The number of carbonyl (C=O) groups is 1. The second-order valence-corrected chi connectivity index (χ2v) is 2.80. The molecule has 0 bridgehead atoms. The van der Waals surface area contributed by atoms with Crippen LogP contribution in [0.5, 0.6) is 0 Å². The van der Waals surface area contributed by atoms with Gasteiger partial charge in [-0.2, -0.15) is 0 Å². The van der Waals surface area contributed by atoms with Crippen molar-refractivity contribution >= 4 is 5.97 Å².